The zero-order chi connectivity index (χ0) is 22.0. The second-order valence-electron chi connectivity index (χ2n) is 6.93. The summed E-state index contributed by atoms with van der Waals surface area (Å²) in [6, 6.07) is 17.5. The van der Waals surface area contributed by atoms with Crippen molar-refractivity contribution < 1.29 is 13.6 Å². The molecule has 31 heavy (non-hydrogen) atoms. The van der Waals surface area contributed by atoms with Crippen molar-refractivity contribution in [1.82, 2.24) is 9.13 Å². The highest BCUT2D eigenvalue weighted by molar-refractivity contribution is 5.91. The summed E-state index contributed by atoms with van der Waals surface area (Å²) in [4.78, 5) is 38.6. The Bertz CT molecular complexity index is 1390. The number of carbonyl (C=O) groups excluding carboxylic acids is 1. The predicted molar refractivity (Wildman–Crippen MR) is 113 cm³/mol. The Morgan fingerprint density at radius 1 is 0.839 bits per heavy atom. The summed E-state index contributed by atoms with van der Waals surface area (Å²) >= 11 is 0. The number of amides is 1. The molecule has 3 aromatic carbocycles. The van der Waals surface area contributed by atoms with E-state index in [9.17, 15) is 23.2 Å². The first-order valence-electron chi connectivity index (χ1n) is 9.45. The summed E-state index contributed by atoms with van der Waals surface area (Å²) in [5.41, 5.74) is -0.383. The quantitative estimate of drug-likeness (QED) is 0.538. The largest absolute Gasteiger partial charge is 0.332 e. The van der Waals surface area contributed by atoms with Crippen LogP contribution in [-0.4, -0.2) is 15.0 Å². The number of fused-ring (bicyclic) bond motifs is 1. The molecule has 1 aromatic heterocycles. The van der Waals surface area contributed by atoms with Crippen molar-refractivity contribution in [2.45, 2.75) is 13.1 Å². The number of carbonyl (C=O) groups is 1. The van der Waals surface area contributed by atoms with Gasteiger partial charge in [-0.3, -0.25) is 18.7 Å². The van der Waals surface area contributed by atoms with Crippen molar-refractivity contribution in [3.63, 3.8) is 0 Å². The minimum atomic E-state index is -0.697. The van der Waals surface area contributed by atoms with Gasteiger partial charge in [-0.05, 0) is 42.0 Å². The minimum Gasteiger partial charge on any atom is -0.322 e. The average Bonchev–Trinajstić information content (AvgIpc) is 2.77. The second kappa shape index (κ2) is 8.35. The molecule has 0 unspecified atom stereocenters. The summed E-state index contributed by atoms with van der Waals surface area (Å²) in [5, 5.41) is 2.69. The number of nitrogens with one attached hydrogen (secondary N) is 1. The van der Waals surface area contributed by atoms with Gasteiger partial charge in [0.2, 0.25) is 5.91 Å². The molecular weight excluding hydrogens is 404 g/mol. The minimum absolute atomic E-state index is 0.00973. The molecule has 1 amide bonds. The van der Waals surface area contributed by atoms with E-state index in [1.165, 1.54) is 42.5 Å². The molecule has 4 aromatic rings. The van der Waals surface area contributed by atoms with E-state index < -0.39 is 35.3 Å². The van der Waals surface area contributed by atoms with E-state index in [4.69, 9.17) is 0 Å². The molecule has 156 valence electrons. The molecule has 0 spiro atoms. The Morgan fingerprint density at radius 3 is 2.26 bits per heavy atom. The van der Waals surface area contributed by atoms with Crippen LogP contribution >= 0.6 is 0 Å². The van der Waals surface area contributed by atoms with Gasteiger partial charge in [0.1, 0.15) is 18.2 Å². The molecule has 0 fully saturated rings. The standard InChI is InChI=1S/C23H17F2N3O3/c24-16-11-9-15(10-12-16)13-28-22(30)17-5-1-4-8-20(17)27(23(28)31)14-21(29)26-19-7-3-2-6-18(19)25/h1-12H,13-14H2,(H,26,29). The molecule has 0 saturated carbocycles. The van der Waals surface area contributed by atoms with Gasteiger partial charge in [-0.15, -0.1) is 0 Å². The lowest BCUT2D eigenvalue weighted by Crippen LogP contribution is -2.42. The number of hydrogen-bond acceptors (Lipinski definition) is 3. The Morgan fingerprint density at radius 2 is 1.52 bits per heavy atom. The fourth-order valence-electron chi connectivity index (χ4n) is 3.33. The van der Waals surface area contributed by atoms with Crippen molar-refractivity contribution in [2.75, 3.05) is 5.32 Å². The Kier molecular flexibility index (Phi) is 5.44. The van der Waals surface area contributed by atoms with Crippen molar-refractivity contribution in [1.29, 1.82) is 0 Å². The van der Waals surface area contributed by atoms with Crippen LogP contribution in [0.25, 0.3) is 10.9 Å². The number of anilines is 1. The number of halogens is 2. The topological polar surface area (TPSA) is 73.1 Å². The summed E-state index contributed by atoms with van der Waals surface area (Å²) in [7, 11) is 0. The first kappa shape index (κ1) is 20.2. The highest BCUT2D eigenvalue weighted by Gasteiger charge is 2.16. The maximum absolute atomic E-state index is 13.9. The first-order valence-corrected chi connectivity index (χ1v) is 9.45. The van der Waals surface area contributed by atoms with Crippen LogP contribution in [-0.2, 0) is 17.9 Å². The van der Waals surface area contributed by atoms with E-state index in [1.54, 1.807) is 30.3 Å². The van der Waals surface area contributed by atoms with Crippen molar-refractivity contribution >= 4 is 22.5 Å². The van der Waals surface area contributed by atoms with Gasteiger partial charge in [0.25, 0.3) is 5.56 Å². The fourth-order valence-corrected chi connectivity index (χ4v) is 3.33. The van der Waals surface area contributed by atoms with Gasteiger partial charge < -0.3 is 5.32 Å². The monoisotopic (exact) mass is 421 g/mol. The third-order valence-electron chi connectivity index (χ3n) is 4.84. The molecule has 0 radical (unpaired) electrons. The molecule has 0 aliphatic heterocycles. The van der Waals surface area contributed by atoms with Crippen LogP contribution in [0.2, 0.25) is 0 Å². The fraction of sp³-hybridized carbons (Fsp3) is 0.0870. The van der Waals surface area contributed by atoms with E-state index in [0.29, 0.717) is 5.56 Å². The Hall–Kier alpha value is -4.07. The second-order valence-corrected chi connectivity index (χ2v) is 6.93. The lowest BCUT2D eigenvalue weighted by molar-refractivity contribution is -0.116. The molecule has 6 nitrogen and oxygen atoms in total. The average molecular weight is 421 g/mol. The van der Waals surface area contributed by atoms with E-state index >= 15 is 0 Å². The maximum Gasteiger partial charge on any atom is 0.332 e. The number of aromatic nitrogens is 2. The SMILES string of the molecule is O=C(Cn1c(=O)n(Cc2ccc(F)cc2)c(=O)c2ccccc21)Nc1ccccc1F. The number of hydrogen-bond donors (Lipinski definition) is 1. The van der Waals surface area contributed by atoms with Gasteiger partial charge in [0.05, 0.1) is 23.1 Å². The van der Waals surface area contributed by atoms with Gasteiger partial charge in [-0.2, -0.15) is 0 Å². The predicted octanol–water partition coefficient (Wildman–Crippen LogP) is 3.13. The molecule has 0 bridgehead atoms. The number of para-hydroxylation sites is 2. The van der Waals surface area contributed by atoms with Gasteiger partial charge in [0.15, 0.2) is 0 Å². The molecule has 4 rings (SSSR count). The number of rotatable bonds is 5. The van der Waals surface area contributed by atoms with Gasteiger partial charge in [-0.1, -0.05) is 36.4 Å². The summed E-state index contributed by atoms with van der Waals surface area (Å²) in [6.45, 7) is -0.505. The third-order valence-corrected chi connectivity index (χ3v) is 4.84. The van der Waals surface area contributed by atoms with Crippen LogP contribution in [0.1, 0.15) is 5.56 Å². The number of nitrogens with zero attached hydrogens (tertiary/aromatic N) is 2. The van der Waals surface area contributed by atoms with Crippen LogP contribution in [0.15, 0.2) is 82.4 Å². The summed E-state index contributed by atoms with van der Waals surface area (Å²) in [6.07, 6.45) is 0. The highest BCUT2D eigenvalue weighted by Crippen LogP contribution is 2.13. The molecule has 0 saturated heterocycles. The van der Waals surface area contributed by atoms with Crippen LogP contribution in [0, 0.1) is 11.6 Å². The van der Waals surface area contributed by atoms with E-state index in [-0.39, 0.29) is 23.1 Å². The van der Waals surface area contributed by atoms with Crippen LogP contribution in [0.3, 0.4) is 0 Å². The maximum atomic E-state index is 13.9. The highest BCUT2D eigenvalue weighted by atomic mass is 19.1. The number of benzene rings is 3. The summed E-state index contributed by atoms with van der Waals surface area (Å²) < 4.78 is 29.2. The molecule has 0 aliphatic rings. The van der Waals surface area contributed by atoms with E-state index in [0.717, 1.165) is 9.13 Å². The van der Waals surface area contributed by atoms with Crippen molar-refractivity contribution in [3.05, 3.63) is 111 Å². The smallest absolute Gasteiger partial charge is 0.322 e. The van der Waals surface area contributed by atoms with Crippen LogP contribution in [0.4, 0.5) is 14.5 Å². The van der Waals surface area contributed by atoms with Gasteiger partial charge in [0, 0.05) is 0 Å². The third kappa shape index (κ3) is 4.13. The molecule has 0 atom stereocenters. The van der Waals surface area contributed by atoms with Crippen molar-refractivity contribution in [2.24, 2.45) is 0 Å². The van der Waals surface area contributed by atoms with Gasteiger partial charge in [-0.25, -0.2) is 13.6 Å². The van der Waals surface area contributed by atoms with E-state index in [2.05, 4.69) is 5.32 Å². The van der Waals surface area contributed by atoms with Crippen molar-refractivity contribution in [3.8, 4) is 0 Å². The van der Waals surface area contributed by atoms with E-state index in [1.807, 2.05) is 0 Å². The van der Waals surface area contributed by atoms with Gasteiger partial charge >= 0.3 is 5.69 Å². The normalized spacial score (nSPS) is 10.9. The first-order chi connectivity index (χ1) is 14.9. The molecular formula is C23H17F2N3O3. The van der Waals surface area contributed by atoms with Crippen LogP contribution in [0.5, 0.6) is 0 Å². The molecule has 1 heterocycles. The Balaban J connectivity index is 1.76. The Labute approximate surface area is 175 Å². The summed E-state index contributed by atoms with van der Waals surface area (Å²) in [5.74, 6) is -1.66. The zero-order valence-electron chi connectivity index (χ0n) is 16.2. The molecule has 1 N–H and O–H groups in total. The lowest BCUT2D eigenvalue weighted by Gasteiger charge is -2.14. The lowest BCUT2D eigenvalue weighted by atomic mass is 10.2. The van der Waals surface area contributed by atoms with Crippen LogP contribution < -0.4 is 16.6 Å². The molecule has 8 heteroatoms. The molecule has 0 aliphatic carbocycles. The zero-order valence-corrected chi connectivity index (χ0v) is 16.2.